The van der Waals surface area contributed by atoms with E-state index in [0.717, 1.165) is 37.5 Å². The van der Waals surface area contributed by atoms with Gasteiger partial charge in [0, 0.05) is 23.8 Å². The quantitative estimate of drug-likeness (QED) is 0.277. The van der Waals surface area contributed by atoms with Crippen molar-refractivity contribution in [2.75, 3.05) is 0 Å². The van der Waals surface area contributed by atoms with Crippen LogP contribution in [0.5, 0.6) is 5.75 Å². The molecule has 0 aliphatic heterocycles. The summed E-state index contributed by atoms with van der Waals surface area (Å²) in [6.07, 6.45) is -0.426. The van der Waals surface area contributed by atoms with Gasteiger partial charge in [0.2, 0.25) is 0 Å². The Morgan fingerprint density at radius 1 is 0.732 bits per heavy atom. The molecule has 0 N–H and O–H groups in total. The Balaban J connectivity index is 1.36. The molecule has 2 aliphatic carbocycles. The van der Waals surface area contributed by atoms with Gasteiger partial charge < -0.3 is 4.74 Å². The van der Waals surface area contributed by atoms with Crippen LogP contribution in [0.1, 0.15) is 76.7 Å². The molecule has 0 aromatic heterocycles. The summed E-state index contributed by atoms with van der Waals surface area (Å²) in [4.78, 5) is 0. The molecule has 2 saturated carbocycles. The predicted octanol–water partition coefficient (Wildman–Crippen LogP) is 10.9. The predicted molar refractivity (Wildman–Crippen MR) is 138 cm³/mol. The minimum absolute atomic E-state index is 0.123. The number of benzene rings is 2. The van der Waals surface area contributed by atoms with Crippen LogP contribution in [-0.4, -0.2) is 12.3 Å². The second-order valence-electron chi connectivity index (χ2n) is 11.6. The second kappa shape index (κ2) is 12.7. The van der Waals surface area contributed by atoms with Crippen LogP contribution in [0, 0.1) is 46.9 Å². The van der Waals surface area contributed by atoms with E-state index in [4.69, 9.17) is 0 Å². The molecule has 2 aromatic carbocycles. The van der Waals surface area contributed by atoms with E-state index in [-0.39, 0.29) is 24.5 Å². The van der Waals surface area contributed by atoms with Gasteiger partial charge in [0.05, 0.1) is 12.0 Å². The Labute approximate surface area is 233 Å². The van der Waals surface area contributed by atoms with Crippen LogP contribution in [-0.2, 0) is 0 Å². The molecule has 4 rings (SSSR count). The van der Waals surface area contributed by atoms with Crippen LogP contribution in [0.25, 0.3) is 17.2 Å². The van der Waals surface area contributed by atoms with Gasteiger partial charge in [-0.05, 0) is 79.5 Å². The summed E-state index contributed by atoms with van der Waals surface area (Å²) >= 11 is 0. The van der Waals surface area contributed by atoms with E-state index in [9.17, 15) is 39.5 Å². The van der Waals surface area contributed by atoms with Crippen molar-refractivity contribution in [3.8, 4) is 16.9 Å². The van der Waals surface area contributed by atoms with Gasteiger partial charge in [-0.2, -0.15) is 22.0 Å². The zero-order valence-electron chi connectivity index (χ0n) is 22.7. The number of alkyl halides is 5. The molecular weight excluding hydrogens is 559 g/mol. The van der Waals surface area contributed by atoms with Crippen molar-refractivity contribution in [3.05, 3.63) is 59.2 Å². The van der Waals surface area contributed by atoms with Gasteiger partial charge in [-0.1, -0.05) is 32.6 Å². The van der Waals surface area contributed by atoms with E-state index in [0.29, 0.717) is 30.2 Å². The number of hydrogen-bond acceptors (Lipinski definition) is 1. The molecule has 0 spiro atoms. The Kier molecular flexibility index (Phi) is 9.69. The monoisotopic (exact) mass is 592 g/mol. The van der Waals surface area contributed by atoms with E-state index < -0.39 is 64.4 Å². The standard InChI is InChI=1S/C31H33F9O/c1-18-2-6-20(7-3-18)21-8-4-19(5-9-21)10-13-31(39,40)41-23-16-27(34)29(28(35)17-23)22-14-25(32)24(26(33)15-22)11-12-30(36,37)38/h11-12,14-21H,2-10,13H2,1H3/b12-11+. The third-order valence-corrected chi connectivity index (χ3v) is 8.55. The molecule has 10 heteroatoms. The van der Waals surface area contributed by atoms with Crippen LogP contribution in [0.2, 0.25) is 0 Å². The molecule has 1 nitrogen and oxygen atoms in total. The van der Waals surface area contributed by atoms with Crippen molar-refractivity contribution in [1.29, 1.82) is 0 Å². The largest absolute Gasteiger partial charge is 0.432 e. The molecule has 0 unspecified atom stereocenters. The van der Waals surface area contributed by atoms with Gasteiger partial charge in [-0.15, -0.1) is 0 Å². The first-order valence-electron chi connectivity index (χ1n) is 14.0. The average Bonchev–Trinajstić information content (AvgIpc) is 2.86. The third kappa shape index (κ3) is 8.44. The molecule has 0 radical (unpaired) electrons. The highest BCUT2D eigenvalue weighted by Crippen LogP contribution is 2.43. The smallest absolute Gasteiger partial charge is 0.409 e. The molecule has 0 atom stereocenters. The maximum absolute atomic E-state index is 14.8. The fourth-order valence-electron chi connectivity index (χ4n) is 6.25. The molecule has 0 bridgehead atoms. The fourth-order valence-corrected chi connectivity index (χ4v) is 6.25. The summed E-state index contributed by atoms with van der Waals surface area (Å²) in [5, 5.41) is 0. The molecular formula is C31H33F9O. The topological polar surface area (TPSA) is 9.23 Å². The highest BCUT2D eigenvalue weighted by Gasteiger charge is 2.35. The minimum atomic E-state index is -4.83. The van der Waals surface area contributed by atoms with Gasteiger partial charge >= 0.3 is 12.3 Å². The van der Waals surface area contributed by atoms with Crippen LogP contribution < -0.4 is 4.74 Å². The zero-order valence-corrected chi connectivity index (χ0v) is 22.7. The minimum Gasteiger partial charge on any atom is -0.432 e. The first-order valence-corrected chi connectivity index (χ1v) is 14.0. The third-order valence-electron chi connectivity index (χ3n) is 8.55. The highest BCUT2D eigenvalue weighted by molar-refractivity contribution is 5.68. The number of allylic oxidation sites excluding steroid dienone is 1. The Morgan fingerprint density at radius 2 is 1.24 bits per heavy atom. The van der Waals surface area contributed by atoms with Crippen molar-refractivity contribution >= 4 is 6.08 Å². The second-order valence-corrected chi connectivity index (χ2v) is 11.6. The van der Waals surface area contributed by atoms with Gasteiger partial charge in [0.1, 0.15) is 29.0 Å². The first-order chi connectivity index (χ1) is 19.2. The number of rotatable bonds is 8. The Morgan fingerprint density at radius 3 is 1.76 bits per heavy atom. The number of hydrogen-bond donors (Lipinski definition) is 0. The van der Waals surface area contributed by atoms with Gasteiger partial charge in [-0.3, -0.25) is 0 Å². The first kappa shape index (κ1) is 31.3. The summed E-state index contributed by atoms with van der Waals surface area (Å²) in [5.74, 6) is -4.36. The van der Waals surface area contributed by atoms with Crippen LogP contribution in [0.3, 0.4) is 0 Å². The van der Waals surface area contributed by atoms with Gasteiger partial charge in [-0.25, -0.2) is 17.6 Å². The van der Waals surface area contributed by atoms with Crippen molar-refractivity contribution in [1.82, 2.24) is 0 Å². The number of halogens is 9. The summed E-state index contributed by atoms with van der Waals surface area (Å²) < 4.78 is 129. The lowest BCUT2D eigenvalue weighted by atomic mass is 9.69. The SMILES string of the molecule is CC1CCC(C2CCC(CCC(F)(F)Oc3cc(F)c(-c4cc(F)c(/C=C/C(F)(F)F)c(F)c4)c(F)c3)CC2)CC1. The number of ether oxygens (including phenoxy) is 1. The maximum Gasteiger partial charge on any atom is 0.409 e. The molecule has 0 saturated heterocycles. The Bertz CT molecular complexity index is 1170. The van der Waals surface area contributed by atoms with Crippen LogP contribution >= 0.6 is 0 Å². The van der Waals surface area contributed by atoms with E-state index in [1.807, 2.05) is 0 Å². The van der Waals surface area contributed by atoms with Crippen molar-refractivity contribution < 1.29 is 44.3 Å². The molecule has 226 valence electrons. The maximum atomic E-state index is 14.8. The summed E-state index contributed by atoms with van der Waals surface area (Å²) in [5.41, 5.74) is -2.64. The van der Waals surface area contributed by atoms with Crippen molar-refractivity contribution in [2.24, 2.45) is 23.7 Å². The van der Waals surface area contributed by atoms with Crippen LogP contribution in [0.15, 0.2) is 30.3 Å². The highest BCUT2D eigenvalue weighted by atomic mass is 19.4. The van der Waals surface area contributed by atoms with E-state index >= 15 is 0 Å². The van der Waals surface area contributed by atoms with E-state index in [1.165, 1.54) is 25.7 Å². The molecule has 41 heavy (non-hydrogen) atoms. The van der Waals surface area contributed by atoms with Gasteiger partial charge in [0.25, 0.3) is 0 Å². The lowest BCUT2D eigenvalue weighted by Gasteiger charge is -2.37. The van der Waals surface area contributed by atoms with Crippen LogP contribution in [0.4, 0.5) is 39.5 Å². The van der Waals surface area contributed by atoms with Crippen molar-refractivity contribution in [3.63, 3.8) is 0 Å². The Hall–Kier alpha value is -2.65. The molecule has 2 aliphatic rings. The van der Waals surface area contributed by atoms with Crippen molar-refractivity contribution in [2.45, 2.75) is 83.4 Å². The fraction of sp³-hybridized carbons (Fsp3) is 0.548. The summed E-state index contributed by atoms with van der Waals surface area (Å²) in [7, 11) is 0. The molecule has 0 heterocycles. The van der Waals surface area contributed by atoms with Gasteiger partial charge in [0.15, 0.2) is 0 Å². The normalized spacial score (nSPS) is 24.1. The lowest BCUT2D eigenvalue weighted by molar-refractivity contribution is -0.183. The zero-order chi connectivity index (χ0) is 29.9. The average molecular weight is 593 g/mol. The lowest BCUT2D eigenvalue weighted by Crippen LogP contribution is -2.28. The van der Waals surface area contributed by atoms with E-state index in [2.05, 4.69) is 11.7 Å². The van der Waals surface area contributed by atoms with E-state index in [1.54, 1.807) is 0 Å². The molecule has 2 aromatic rings. The summed E-state index contributed by atoms with van der Waals surface area (Å²) in [6.45, 7) is 2.28. The molecule has 2 fully saturated rings. The summed E-state index contributed by atoms with van der Waals surface area (Å²) in [6, 6.07) is 1.88. The molecule has 0 amide bonds.